The molecule has 0 radical (unpaired) electrons. The zero-order valence-electron chi connectivity index (χ0n) is 8.29. The maximum Gasteiger partial charge on any atom is 0.123 e. The van der Waals surface area contributed by atoms with E-state index in [1.54, 1.807) is 6.26 Å². The summed E-state index contributed by atoms with van der Waals surface area (Å²) in [7, 11) is 1.90. The van der Waals surface area contributed by atoms with Gasteiger partial charge in [0.15, 0.2) is 0 Å². The molecule has 1 aliphatic heterocycles. The molecule has 4 heteroatoms. The van der Waals surface area contributed by atoms with Gasteiger partial charge in [0, 0.05) is 5.56 Å². The number of nitrogens with one attached hydrogen (secondary N) is 1. The Morgan fingerprint density at radius 2 is 2.43 bits per heavy atom. The molecule has 0 atom stereocenters. The molecule has 1 fully saturated rings. The molecular formula is C10H15NO3. The second kappa shape index (κ2) is 4.59. The molecule has 1 aliphatic rings. The van der Waals surface area contributed by atoms with Crippen molar-refractivity contribution in [3.8, 4) is 0 Å². The highest BCUT2D eigenvalue weighted by Gasteiger charge is 2.19. The third kappa shape index (κ3) is 2.15. The average Bonchev–Trinajstić information content (AvgIpc) is 2.51. The van der Waals surface area contributed by atoms with Gasteiger partial charge in [-0.3, -0.25) is 0 Å². The standard InChI is InChI=1S/C10H15NO3/c1-11-4-10-8(2-3-13-10)5-14-9-6-12-7-9/h2-3,9,11H,4-7H2,1H3. The molecule has 0 unspecified atom stereocenters. The normalized spacial score (nSPS) is 16.9. The van der Waals surface area contributed by atoms with Crippen LogP contribution in [-0.4, -0.2) is 26.4 Å². The fraction of sp³-hybridized carbons (Fsp3) is 0.600. The Bertz CT molecular complexity index is 281. The summed E-state index contributed by atoms with van der Waals surface area (Å²) in [6.07, 6.45) is 1.97. The second-order valence-corrected chi connectivity index (χ2v) is 3.37. The molecule has 0 aliphatic carbocycles. The van der Waals surface area contributed by atoms with E-state index in [-0.39, 0.29) is 6.10 Å². The molecule has 2 heterocycles. The predicted octanol–water partition coefficient (Wildman–Crippen LogP) is 0.914. The molecule has 1 aromatic heterocycles. The first-order chi connectivity index (χ1) is 6.90. The Kier molecular flexibility index (Phi) is 3.18. The third-order valence-corrected chi connectivity index (χ3v) is 2.26. The SMILES string of the molecule is CNCc1occc1COC1COC1. The first-order valence-electron chi connectivity index (χ1n) is 4.79. The maximum atomic E-state index is 5.60. The van der Waals surface area contributed by atoms with Gasteiger partial charge in [0.1, 0.15) is 11.9 Å². The van der Waals surface area contributed by atoms with E-state index in [0.717, 1.165) is 31.1 Å². The maximum absolute atomic E-state index is 5.60. The molecule has 1 saturated heterocycles. The van der Waals surface area contributed by atoms with Crippen LogP contribution in [-0.2, 0) is 22.6 Å². The molecule has 0 bridgehead atoms. The molecule has 0 saturated carbocycles. The van der Waals surface area contributed by atoms with E-state index in [4.69, 9.17) is 13.9 Å². The van der Waals surface area contributed by atoms with Gasteiger partial charge in [-0.1, -0.05) is 0 Å². The molecule has 0 spiro atoms. The van der Waals surface area contributed by atoms with Crippen LogP contribution in [0.2, 0.25) is 0 Å². The van der Waals surface area contributed by atoms with Crippen LogP contribution in [0.25, 0.3) is 0 Å². The van der Waals surface area contributed by atoms with Crippen LogP contribution in [0.1, 0.15) is 11.3 Å². The highest BCUT2D eigenvalue weighted by Crippen LogP contribution is 2.14. The van der Waals surface area contributed by atoms with Gasteiger partial charge in [0.25, 0.3) is 0 Å². The van der Waals surface area contributed by atoms with Gasteiger partial charge < -0.3 is 19.2 Å². The number of hydrogen-bond acceptors (Lipinski definition) is 4. The van der Waals surface area contributed by atoms with E-state index in [9.17, 15) is 0 Å². The monoisotopic (exact) mass is 197 g/mol. The highest BCUT2D eigenvalue weighted by molar-refractivity contribution is 5.15. The van der Waals surface area contributed by atoms with Gasteiger partial charge in [-0.2, -0.15) is 0 Å². The van der Waals surface area contributed by atoms with Crippen molar-refractivity contribution >= 4 is 0 Å². The number of rotatable bonds is 5. The Labute approximate surface area is 83.2 Å². The molecule has 0 amide bonds. The van der Waals surface area contributed by atoms with Crippen molar-refractivity contribution in [1.29, 1.82) is 0 Å². The van der Waals surface area contributed by atoms with Gasteiger partial charge >= 0.3 is 0 Å². The summed E-state index contributed by atoms with van der Waals surface area (Å²) in [5, 5.41) is 3.05. The minimum absolute atomic E-state index is 0.271. The summed E-state index contributed by atoms with van der Waals surface area (Å²) in [5.74, 6) is 0.952. The summed E-state index contributed by atoms with van der Waals surface area (Å²) in [4.78, 5) is 0. The Balaban J connectivity index is 1.84. The van der Waals surface area contributed by atoms with Crippen LogP contribution in [0, 0.1) is 0 Å². The lowest BCUT2D eigenvalue weighted by molar-refractivity contribution is -0.135. The first-order valence-corrected chi connectivity index (χ1v) is 4.79. The van der Waals surface area contributed by atoms with Crippen LogP contribution in [0.3, 0.4) is 0 Å². The van der Waals surface area contributed by atoms with E-state index < -0.39 is 0 Å². The third-order valence-electron chi connectivity index (χ3n) is 2.26. The molecule has 1 N–H and O–H groups in total. The average molecular weight is 197 g/mol. The minimum Gasteiger partial charge on any atom is -0.468 e. The number of ether oxygens (including phenoxy) is 2. The molecule has 78 valence electrons. The molecule has 14 heavy (non-hydrogen) atoms. The largest absolute Gasteiger partial charge is 0.468 e. The molecule has 2 rings (SSSR count). The summed E-state index contributed by atoms with van der Waals surface area (Å²) in [6, 6.07) is 1.95. The molecular weight excluding hydrogens is 182 g/mol. The van der Waals surface area contributed by atoms with E-state index in [1.165, 1.54) is 0 Å². The van der Waals surface area contributed by atoms with E-state index in [1.807, 2.05) is 13.1 Å². The molecule has 1 aromatic rings. The lowest BCUT2D eigenvalue weighted by Gasteiger charge is -2.25. The van der Waals surface area contributed by atoms with Gasteiger partial charge in [0.05, 0.1) is 32.6 Å². The van der Waals surface area contributed by atoms with Crippen LogP contribution in [0.5, 0.6) is 0 Å². The van der Waals surface area contributed by atoms with Gasteiger partial charge in [-0.25, -0.2) is 0 Å². The topological polar surface area (TPSA) is 43.6 Å². The number of furan rings is 1. The molecule has 0 aromatic carbocycles. The van der Waals surface area contributed by atoms with Crippen molar-refractivity contribution < 1.29 is 13.9 Å². The lowest BCUT2D eigenvalue weighted by Crippen LogP contribution is -2.35. The minimum atomic E-state index is 0.271. The van der Waals surface area contributed by atoms with Crippen molar-refractivity contribution in [2.24, 2.45) is 0 Å². The summed E-state index contributed by atoms with van der Waals surface area (Å²) in [5.41, 5.74) is 1.12. The Morgan fingerprint density at radius 3 is 3.07 bits per heavy atom. The summed E-state index contributed by atoms with van der Waals surface area (Å²) in [6.45, 7) is 2.80. The van der Waals surface area contributed by atoms with Crippen LogP contribution >= 0.6 is 0 Å². The van der Waals surface area contributed by atoms with Gasteiger partial charge in [0.2, 0.25) is 0 Å². The lowest BCUT2D eigenvalue weighted by atomic mass is 10.2. The first kappa shape index (κ1) is 9.71. The smallest absolute Gasteiger partial charge is 0.123 e. The van der Waals surface area contributed by atoms with Gasteiger partial charge in [-0.15, -0.1) is 0 Å². The van der Waals surface area contributed by atoms with Gasteiger partial charge in [-0.05, 0) is 13.1 Å². The number of hydrogen-bond donors (Lipinski definition) is 1. The summed E-state index contributed by atoms with van der Waals surface area (Å²) >= 11 is 0. The second-order valence-electron chi connectivity index (χ2n) is 3.37. The quantitative estimate of drug-likeness (QED) is 0.762. The van der Waals surface area contributed by atoms with Crippen LogP contribution in [0.4, 0.5) is 0 Å². The fourth-order valence-electron chi connectivity index (χ4n) is 1.33. The van der Waals surface area contributed by atoms with Crippen LogP contribution < -0.4 is 5.32 Å². The molecule has 4 nitrogen and oxygen atoms in total. The van der Waals surface area contributed by atoms with Crippen LogP contribution in [0.15, 0.2) is 16.7 Å². The fourth-order valence-corrected chi connectivity index (χ4v) is 1.33. The van der Waals surface area contributed by atoms with E-state index in [2.05, 4.69) is 5.32 Å². The van der Waals surface area contributed by atoms with Crippen molar-refractivity contribution in [3.05, 3.63) is 23.7 Å². The van der Waals surface area contributed by atoms with Crippen molar-refractivity contribution in [1.82, 2.24) is 5.32 Å². The predicted molar refractivity (Wildman–Crippen MR) is 50.9 cm³/mol. The zero-order chi connectivity index (χ0) is 9.80. The van der Waals surface area contributed by atoms with E-state index >= 15 is 0 Å². The van der Waals surface area contributed by atoms with Crippen molar-refractivity contribution in [2.75, 3.05) is 20.3 Å². The van der Waals surface area contributed by atoms with Crippen molar-refractivity contribution in [2.45, 2.75) is 19.3 Å². The Morgan fingerprint density at radius 1 is 1.57 bits per heavy atom. The summed E-state index contributed by atoms with van der Waals surface area (Å²) < 4.78 is 15.9. The zero-order valence-corrected chi connectivity index (χ0v) is 8.29. The van der Waals surface area contributed by atoms with E-state index in [0.29, 0.717) is 6.61 Å². The highest BCUT2D eigenvalue weighted by atomic mass is 16.6. The van der Waals surface area contributed by atoms with Crippen molar-refractivity contribution in [3.63, 3.8) is 0 Å². The Hall–Kier alpha value is -0.840.